The van der Waals surface area contributed by atoms with Gasteiger partial charge in [0.2, 0.25) is 0 Å². The molecule has 0 saturated heterocycles. The summed E-state index contributed by atoms with van der Waals surface area (Å²) >= 11 is 0. The topological polar surface area (TPSA) is 28.7 Å². The summed E-state index contributed by atoms with van der Waals surface area (Å²) in [6.45, 7) is 0. The molecule has 0 bridgehead atoms. The van der Waals surface area contributed by atoms with Crippen LogP contribution in [-0.4, -0.2) is 4.57 Å². The standard InChI is InChI=1S/C12H10N2/c13-7-6-11-4-3-5-12(10-11)14-8-1-2-9-14/h1-5,8-10H,6H2. The molecule has 1 heterocycles. The molecule has 0 unspecified atom stereocenters. The van der Waals surface area contributed by atoms with Gasteiger partial charge in [0.15, 0.2) is 0 Å². The maximum atomic E-state index is 8.58. The predicted octanol–water partition coefficient (Wildman–Crippen LogP) is 2.54. The van der Waals surface area contributed by atoms with E-state index in [0.717, 1.165) is 11.3 Å². The van der Waals surface area contributed by atoms with Crippen molar-refractivity contribution in [2.75, 3.05) is 0 Å². The lowest BCUT2D eigenvalue weighted by atomic mass is 10.1. The van der Waals surface area contributed by atoms with E-state index in [1.54, 1.807) is 0 Å². The van der Waals surface area contributed by atoms with Crippen LogP contribution in [0.1, 0.15) is 5.56 Å². The molecule has 0 saturated carbocycles. The van der Waals surface area contributed by atoms with Gasteiger partial charge in [-0.3, -0.25) is 0 Å². The molecule has 0 amide bonds. The minimum Gasteiger partial charge on any atom is -0.324 e. The van der Waals surface area contributed by atoms with Crippen molar-refractivity contribution in [3.8, 4) is 11.8 Å². The Kier molecular flexibility index (Phi) is 2.33. The van der Waals surface area contributed by atoms with E-state index in [2.05, 4.69) is 6.07 Å². The number of aromatic nitrogens is 1. The third kappa shape index (κ3) is 1.67. The Hall–Kier alpha value is -2.01. The average Bonchev–Trinajstić information content (AvgIpc) is 2.71. The zero-order valence-electron chi connectivity index (χ0n) is 7.72. The van der Waals surface area contributed by atoms with Gasteiger partial charge >= 0.3 is 0 Å². The van der Waals surface area contributed by atoms with Crippen LogP contribution >= 0.6 is 0 Å². The molecule has 68 valence electrons. The van der Waals surface area contributed by atoms with Gasteiger partial charge in [0.25, 0.3) is 0 Å². The second-order valence-corrected chi connectivity index (χ2v) is 3.10. The second kappa shape index (κ2) is 3.80. The van der Waals surface area contributed by atoms with Crippen molar-refractivity contribution in [1.29, 1.82) is 5.26 Å². The molecule has 2 aromatic rings. The summed E-state index contributed by atoms with van der Waals surface area (Å²) < 4.78 is 2.03. The quantitative estimate of drug-likeness (QED) is 0.701. The minimum absolute atomic E-state index is 0.467. The third-order valence-corrected chi connectivity index (χ3v) is 2.10. The number of hydrogen-bond donors (Lipinski definition) is 0. The number of benzene rings is 1. The number of nitrogens with zero attached hydrogens (tertiary/aromatic N) is 2. The smallest absolute Gasteiger partial charge is 0.0669 e. The molecular weight excluding hydrogens is 172 g/mol. The van der Waals surface area contributed by atoms with Gasteiger partial charge < -0.3 is 4.57 Å². The van der Waals surface area contributed by atoms with Gasteiger partial charge in [0, 0.05) is 18.1 Å². The van der Waals surface area contributed by atoms with E-state index in [1.807, 2.05) is 53.4 Å². The lowest BCUT2D eigenvalue weighted by molar-refractivity contribution is 1.07. The van der Waals surface area contributed by atoms with Crippen molar-refractivity contribution in [3.63, 3.8) is 0 Å². The van der Waals surface area contributed by atoms with Crippen LogP contribution in [0.25, 0.3) is 5.69 Å². The summed E-state index contributed by atoms with van der Waals surface area (Å²) in [7, 11) is 0. The molecule has 14 heavy (non-hydrogen) atoms. The van der Waals surface area contributed by atoms with E-state index in [9.17, 15) is 0 Å². The van der Waals surface area contributed by atoms with Crippen LogP contribution in [0.15, 0.2) is 48.8 Å². The SMILES string of the molecule is N#CCc1cccc(-n2cccc2)c1. The third-order valence-electron chi connectivity index (χ3n) is 2.10. The Balaban J connectivity index is 2.37. The molecule has 0 aliphatic rings. The Morgan fingerprint density at radius 2 is 1.93 bits per heavy atom. The first-order valence-electron chi connectivity index (χ1n) is 4.49. The fourth-order valence-electron chi connectivity index (χ4n) is 1.42. The largest absolute Gasteiger partial charge is 0.324 e. The van der Waals surface area contributed by atoms with Gasteiger partial charge in [-0.25, -0.2) is 0 Å². The van der Waals surface area contributed by atoms with Crippen molar-refractivity contribution in [2.45, 2.75) is 6.42 Å². The molecule has 0 aliphatic carbocycles. The second-order valence-electron chi connectivity index (χ2n) is 3.10. The summed E-state index contributed by atoms with van der Waals surface area (Å²) in [5.41, 5.74) is 2.15. The van der Waals surface area contributed by atoms with Crippen LogP contribution in [-0.2, 0) is 6.42 Å². The Labute approximate surface area is 83.0 Å². The lowest BCUT2D eigenvalue weighted by Crippen LogP contribution is -1.91. The highest BCUT2D eigenvalue weighted by atomic mass is 14.9. The zero-order valence-corrected chi connectivity index (χ0v) is 7.72. The fourth-order valence-corrected chi connectivity index (χ4v) is 1.42. The number of nitriles is 1. The van der Waals surface area contributed by atoms with E-state index in [4.69, 9.17) is 5.26 Å². The Morgan fingerprint density at radius 3 is 2.64 bits per heavy atom. The zero-order chi connectivity index (χ0) is 9.80. The number of rotatable bonds is 2. The summed E-state index contributed by atoms with van der Waals surface area (Å²) in [5, 5.41) is 8.58. The highest BCUT2D eigenvalue weighted by Crippen LogP contribution is 2.10. The van der Waals surface area contributed by atoms with Crippen LogP contribution in [0.2, 0.25) is 0 Å². The van der Waals surface area contributed by atoms with Crippen LogP contribution in [0.5, 0.6) is 0 Å². The van der Waals surface area contributed by atoms with Gasteiger partial charge in [-0.2, -0.15) is 5.26 Å². The molecule has 0 fully saturated rings. The molecule has 1 aromatic carbocycles. The molecule has 0 spiro atoms. The van der Waals surface area contributed by atoms with Gasteiger partial charge in [-0.05, 0) is 29.8 Å². The van der Waals surface area contributed by atoms with Crippen molar-refractivity contribution in [3.05, 3.63) is 54.4 Å². The maximum Gasteiger partial charge on any atom is 0.0669 e. The molecule has 2 rings (SSSR count). The fraction of sp³-hybridized carbons (Fsp3) is 0.0833. The number of hydrogen-bond acceptors (Lipinski definition) is 1. The van der Waals surface area contributed by atoms with Crippen molar-refractivity contribution >= 4 is 0 Å². The first kappa shape index (κ1) is 8.58. The molecule has 2 nitrogen and oxygen atoms in total. The molecule has 2 heteroatoms. The summed E-state index contributed by atoms with van der Waals surface area (Å²) in [6.07, 6.45) is 4.45. The van der Waals surface area contributed by atoms with E-state index in [0.29, 0.717) is 6.42 Å². The first-order valence-corrected chi connectivity index (χ1v) is 4.49. The molecule has 0 atom stereocenters. The van der Waals surface area contributed by atoms with Gasteiger partial charge in [-0.1, -0.05) is 12.1 Å². The molecular formula is C12H10N2. The summed E-state index contributed by atoms with van der Waals surface area (Å²) in [4.78, 5) is 0. The summed E-state index contributed by atoms with van der Waals surface area (Å²) in [6, 6.07) is 14.1. The Bertz CT molecular complexity index is 449. The van der Waals surface area contributed by atoms with Crippen molar-refractivity contribution < 1.29 is 0 Å². The monoisotopic (exact) mass is 182 g/mol. The van der Waals surface area contributed by atoms with Crippen LogP contribution in [0.3, 0.4) is 0 Å². The minimum atomic E-state index is 0.467. The predicted molar refractivity (Wildman–Crippen MR) is 55.1 cm³/mol. The van der Waals surface area contributed by atoms with E-state index < -0.39 is 0 Å². The molecule has 0 aliphatic heterocycles. The lowest BCUT2D eigenvalue weighted by Gasteiger charge is -2.03. The van der Waals surface area contributed by atoms with Crippen LogP contribution in [0, 0.1) is 11.3 Å². The molecule has 0 N–H and O–H groups in total. The van der Waals surface area contributed by atoms with Crippen molar-refractivity contribution in [1.82, 2.24) is 4.57 Å². The van der Waals surface area contributed by atoms with Gasteiger partial charge in [-0.15, -0.1) is 0 Å². The highest BCUT2D eigenvalue weighted by molar-refractivity contribution is 5.37. The van der Waals surface area contributed by atoms with E-state index in [1.165, 1.54) is 0 Å². The van der Waals surface area contributed by atoms with Crippen LogP contribution < -0.4 is 0 Å². The normalized spacial score (nSPS) is 9.64. The maximum absolute atomic E-state index is 8.58. The average molecular weight is 182 g/mol. The van der Waals surface area contributed by atoms with Crippen LogP contribution in [0.4, 0.5) is 0 Å². The highest BCUT2D eigenvalue weighted by Gasteiger charge is 1.96. The summed E-state index contributed by atoms with van der Waals surface area (Å²) in [5.74, 6) is 0. The van der Waals surface area contributed by atoms with Crippen molar-refractivity contribution in [2.24, 2.45) is 0 Å². The van der Waals surface area contributed by atoms with Gasteiger partial charge in [0.05, 0.1) is 12.5 Å². The Morgan fingerprint density at radius 1 is 1.14 bits per heavy atom. The van der Waals surface area contributed by atoms with Gasteiger partial charge in [0.1, 0.15) is 0 Å². The van der Waals surface area contributed by atoms with E-state index in [-0.39, 0.29) is 0 Å². The first-order chi connectivity index (χ1) is 6.90. The molecule has 1 aromatic heterocycles. The molecule has 0 radical (unpaired) electrons. The van der Waals surface area contributed by atoms with E-state index >= 15 is 0 Å².